The van der Waals surface area contributed by atoms with Crippen molar-refractivity contribution in [3.8, 4) is 5.75 Å². The quantitative estimate of drug-likeness (QED) is 0.679. The summed E-state index contributed by atoms with van der Waals surface area (Å²) in [7, 11) is 1.87. The molecule has 0 saturated heterocycles. The first-order valence-electron chi connectivity index (χ1n) is 8.82. The number of alkyl halides is 3. The number of benzene rings is 1. The maximum absolute atomic E-state index is 12.2. The minimum Gasteiger partial charge on any atom is -0.406 e. The zero-order valence-electron chi connectivity index (χ0n) is 15.1. The highest BCUT2D eigenvalue weighted by Gasteiger charge is 2.31. The number of aryl methyl sites for hydroxylation is 1. The molecule has 0 bridgehead atoms. The number of ether oxygens (including phenoxy) is 1. The number of rotatable bonds is 4. The van der Waals surface area contributed by atoms with Crippen molar-refractivity contribution >= 4 is 27.6 Å². The van der Waals surface area contributed by atoms with Gasteiger partial charge in [-0.15, -0.1) is 13.2 Å². The molecule has 1 heterocycles. The Labute approximate surface area is 168 Å². The van der Waals surface area contributed by atoms with Crippen LogP contribution in [0.25, 0.3) is 0 Å². The fraction of sp³-hybridized carbons (Fsp3) is 0.444. The third-order valence-corrected chi connectivity index (χ3v) is 5.16. The van der Waals surface area contributed by atoms with Gasteiger partial charge in [0.25, 0.3) is 0 Å². The van der Waals surface area contributed by atoms with E-state index in [1.165, 1.54) is 12.1 Å². The van der Waals surface area contributed by atoms with Gasteiger partial charge < -0.3 is 15.4 Å². The lowest BCUT2D eigenvalue weighted by atomic mass is 9.84. The molecule has 2 atom stereocenters. The number of hydrogen-bond acceptors (Lipinski definition) is 3. The zero-order chi connectivity index (χ0) is 20.3. The van der Waals surface area contributed by atoms with Crippen LogP contribution in [0.2, 0.25) is 0 Å². The van der Waals surface area contributed by atoms with Gasteiger partial charge in [-0.05, 0) is 59.5 Å². The highest BCUT2D eigenvalue weighted by Crippen LogP contribution is 2.35. The maximum Gasteiger partial charge on any atom is 0.573 e. The van der Waals surface area contributed by atoms with Crippen LogP contribution in [0.1, 0.15) is 37.3 Å². The van der Waals surface area contributed by atoms with Crippen molar-refractivity contribution in [1.29, 1.82) is 0 Å². The third kappa shape index (κ3) is 5.63. The van der Waals surface area contributed by atoms with E-state index in [4.69, 9.17) is 0 Å². The van der Waals surface area contributed by atoms with Gasteiger partial charge in [-0.2, -0.15) is 5.10 Å². The molecule has 1 fully saturated rings. The second kappa shape index (κ2) is 8.42. The number of anilines is 1. The number of nitrogens with one attached hydrogen (secondary N) is 2. The van der Waals surface area contributed by atoms with Crippen LogP contribution >= 0.6 is 15.9 Å². The molecule has 1 saturated carbocycles. The Morgan fingerprint density at radius 1 is 1.29 bits per heavy atom. The van der Waals surface area contributed by atoms with Gasteiger partial charge in [0, 0.05) is 30.9 Å². The first kappa shape index (κ1) is 20.5. The minimum absolute atomic E-state index is 0.000456. The van der Waals surface area contributed by atoms with Crippen LogP contribution in [0.3, 0.4) is 0 Å². The molecule has 10 heteroatoms. The standard InChI is InChI=1S/C18H20BrF3N4O2/c1-26-10-15(19)16(25-26)11-3-2-4-13(9-11)24-17(27)23-12-5-7-14(8-6-12)28-18(20,21)22/h5-8,10-11,13H,2-4,9H2,1H3,(H2,23,24,27). The van der Waals surface area contributed by atoms with E-state index in [1.807, 2.05) is 13.2 Å². The maximum atomic E-state index is 12.2. The van der Waals surface area contributed by atoms with E-state index in [-0.39, 0.29) is 17.7 Å². The normalized spacial score (nSPS) is 19.9. The lowest BCUT2D eigenvalue weighted by Crippen LogP contribution is -2.40. The first-order chi connectivity index (χ1) is 13.2. The summed E-state index contributed by atoms with van der Waals surface area (Å²) in [6.07, 6.45) is 0.796. The molecular formula is C18H20BrF3N4O2. The van der Waals surface area contributed by atoms with Crippen molar-refractivity contribution in [2.75, 3.05) is 5.32 Å². The third-order valence-electron chi connectivity index (χ3n) is 4.55. The van der Waals surface area contributed by atoms with E-state index >= 15 is 0 Å². The van der Waals surface area contributed by atoms with Crippen LogP contribution in [-0.4, -0.2) is 28.2 Å². The van der Waals surface area contributed by atoms with E-state index in [0.717, 1.165) is 48.0 Å². The Balaban J connectivity index is 1.53. The number of amides is 2. The van der Waals surface area contributed by atoms with Gasteiger partial charge in [-0.25, -0.2) is 4.79 Å². The van der Waals surface area contributed by atoms with Crippen LogP contribution in [0.15, 0.2) is 34.9 Å². The Bertz CT molecular complexity index is 823. The van der Waals surface area contributed by atoms with Gasteiger partial charge in [0.15, 0.2) is 0 Å². The molecule has 2 unspecified atom stereocenters. The SMILES string of the molecule is Cn1cc(Br)c(C2CCCC(NC(=O)Nc3ccc(OC(F)(F)F)cc3)C2)n1. The molecule has 28 heavy (non-hydrogen) atoms. The summed E-state index contributed by atoms with van der Waals surface area (Å²) < 4.78 is 43.1. The van der Waals surface area contributed by atoms with E-state index < -0.39 is 12.4 Å². The first-order valence-corrected chi connectivity index (χ1v) is 9.61. The van der Waals surface area contributed by atoms with Crippen molar-refractivity contribution in [2.45, 2.75) is 44.0 Å². The summed E-state index contributed by atoms with van der Waals surface area (Å²) >= 11 is 3.53. The van der Waals surface area contributed by atoms with Crippen LogP contribution < -0.4 is 15.4 Å². The predicted octanol–water partition coefficient (Wildman–Crippen LogP) is 4.93. The second-order valence-corrected chi connectivity index (χ2v) is 7.62. The molecule has 0 radical (unpaired) electrons. The number of urea groups is 1. The molecular weight excluding hydrogens is 441 g/mol. The lowest BCUT2D eigenvalue weighted by Gasteiger charge is -2.29. The number of carbonyl (C=O) groups is 1. The smallest absolute Gasteiger partial charge is 0.406 e. The summed E-state index contributed by atoms with van der Waals surface area (Å²) in [5, 5.41) is 10.1. The summed E-state index contributed by atoms with van der Waals surface area (Å²) in [5.74, 6) is -0.0806. The summed E-state index contributed by atoms with van der Waals surface area (Å²) in [6, 6.07) is 4.62. The van der Waals surface area contributed by atoms with Gasteiger partial charge in [0.1, 0.15) is 5.75 Å². The molecule has 0 spiro atoms. The Hall–Kier alpha value is -2.23. The van der Waals surface area contributed by atoms with Gasteiger partial charge in [0.2, 0.25) is 0 Å². The van der Waals surface area contributed by atoms with Crippen LogP contribution in [-0.2, 0) is 7.05 Å². The molecule has 1 aromatic heterocycles. The average molecular weight is 461 g/mol. The molecule has 2 aromatic rings. The van der Waals surface area contributed by atoms with E-state index in [1.54, 1.807) is 4.68 Å². The number of aromatic nitrogens is 2. The molecule has 1 aliphatic rings. The number of hydrogen-bond donors (Lipinski definition) is 2. The van der Waals surface area contributed by atoms with Crippen molar-refractivity contribution < 1.29 is 22.7 Å². The molecule has 0 aliphatic heterocycles. The van der Waals surface area contributed by atoms with E-state index in [0.29, 0.717) is 5.69 Å². The van der Waals surface area contributed by atoms with Gasteiger partial charge in [-0.1, -0.05) is 6.42 Å². The number of carbonyl (C=O) groups excluding carboxylic acids is 1. The minimum atomic E-state index is -4.74. The van der Waals surface area contributed by atoms with Crippen molar-refractivity contribution in [1.82, 2.24) is 15.1 Å². The topological polar surface area (TPSA) is 68.2 Å². The van der Waals surface area contributed by atoms with Crippen molar-refractivity contribution in [3.05, 3.63) is 40.6 Å². The molecule has 1 aliphatic carbocycles. The monoisotopic (exact) mass is 460 g/mol. The fourth-order valence-electron chi connectivity index (χ4n) is 3.42. The summed E-state index contributed by atoms with van der Waals surface area (Å²) in [5.41, 5.74) is 1.38. The predicted molar refractivity (Wildman–Crippen MR) is 101 cm³/mol. The summed E-state index contributed by atoms with van der Waals surface area (Å²) in [6.45, 7) is 0. The molecule has 2 amide bonds. The molecule has 3 rings (SSSR count). The molecule has 1 aromatic carbocycles. The number of halogens is 4. The molecule has 152 valence electrons. The molecule has 6 nitrogen and oxygen atoms in total. The van der Waals surface area contributed by atoms with Gasteiger partial charge in [-0.3, -0.25) is 4.68 Å². The fourth-order valence-corrected chi connectivity index (χ4v) is 4.11. The van der Waals surface area contributed by atoms with E-state index in [2.05, 4.69) is 36.4 Å². The Kier molecular flexibility index (Phi) is 6.17. The lowest BCUT2D eigenvalue weighted by molar-refractivity contribution is -0.274. The van der Waals surface area contributed by atoms with E-state index in [9.17, 15) is 18.0 Å². The van der Waals surface area contributed by atoms with Gasteiger partial charge in [0.05, 0.1) is 10.2 Å². The van der Waals surface area contributed by atoms with Crippen LogP contribution in [0.5, 0.6) is 5.75 Å². The highest BCUT2D eigenvalue weighted by atomic mass is 79.9. The summed E-state index contributed by atoms with van der Waals surface area (Å²) in [4.78, 5) is 12.2. The zero-order valence-corrected chi connectivity index (χ0v) is 16.7. The highest BCUT2D eigenvalue weighted by molar-refractivity contribution is 9.10. The number of nitrogens with zero attached hydrogens (tertiary/aromatic N) is 2. The Morgan fingerprint density at radius 3 is 2.61 bits per heavy atom. The Morgan fingerprint density at radius 2 is 2.00 bits per heavy atom. The van der Waals surface area contributed by atoms with Gasteiger partial charge >= 0.3 is 12.4 Å². The van der Waals surface area contributed by atoms with Crippen molar-refractivity contribution in [2.24, 2.45) is 7.05 Å². The van der Waals surface area contributed by atoms with Crippen molar-refractivity contribution in [3.63, 3.8) is 0 Å². The average Bonchev–Trinajstić information content (AvgIpc) is 2.94. The largest absolute Gasteiger partial charge is 0.573 e. The van der Waals surface area contributed by atoms with Crippen LogP contribution in [0, 0.1) is 0 Å². The second-order valence-electron chi connectivity index (χ2n) is 6.77. The molecule has 2 N–H and O–H groups in total. The van der Waals surface area contributed by atoms with Crippen LogP contribution in [0.4, 0.5) is 23.7 Å².